The van der Waals surface area contributed by atoms with Crippen LogP contribution in [0.2, 0.25) is 0 Å². The van der Waals surface area contributed by atoms with E-state index >= 15 is 0 Å². The number of nitrogens with one attached hydrogen (secondary N) is 2. The number of benzene rings is 1. The highest BCUT2D eigenvalue weighted by atomic mass is 32.1. The Balaban J connectivity index is 1.91. The van der Waals surface area contributed by atoms with E-state index in [0.717, 1.165) is 41.2 Å². The summed E-state index contributed by atoms with van der Waals surface area (Å²) < 4.78 is 0. The predicted molar refractivity (Wildman–Crippen MR) is 98.1 cm³/mol. The van der Waals surface area contributed by atoms with Crippen LogP contribution >= 0.6 is 11.3 Å². The number of rotatable bonds is 8. The number of carbonyl (C=O) groups is 2. The summed E-state index contributed by atoms with van der Waals surface area (Å²) in [5.74, 6) is 0.0149. The number of thiazole rings is 1. The molecule has 2 aromatic rings. The van der Waals surface area contributed by atoms with Crippen LogP contribution in [0.15, 0.2) is 29.6 Å². The molecule has 128 valence electrons. The average molecular weight is 345 g/mol. The number of aromatic nitrogens is 1. The van der Waals surface area contributed by atoms with E-state index in [4.69, 9.17) is 0 Å². The summed E-state index contributed by atoms with van der Waals surface area (Å²) in [7, 11) is 0. The smallest absolute Gasteiger partial charge is 0.221 e. The zero-order valence-electron chi connectivity index (χ0n) is 14.1. The third-order valence-corrected chi connectivity index (χ3v) is 4.38. The van der Waals surface area contributed by atoms with Gasteiger partial charge in [0.2, 0.25) is 11.8 Å². The third-order valence-electron chi connectivity index (χ3n) is 3.44. The molecule has 5 nitrogen and oxygen atoms in total. The van der Waals surface area contributed by atoms with Gasteiger partial charge in [-0.05, 0) is 18.6 Å². The first-order valence-electron chi connectivity index (χ1n) is 8.17. The first kappa shape index (κ1) is 18.1. The Kier molecular flexibility index (Phi) is 6.93. The Hall–Kier alpha value is -2.21. The molecule has 2 rings (SSSR count). The Bertz CT molecular complexity index is 697. The van der Waals surface area contributed by atoms with Gasteiger partial charge in [0.1, 0.15) is 5.01 Å². The number of carbonyl (C=O) groups excluding carboxylic acids is 2. The van der Waals surface area contributed by atoms with Gasteiger partial charge in [-0.3, -0.25) is 9.59 Å². The summed E-state index contributed by atoms with van der Waals surface area (Å²) in [6, 6.07) is 7.64. The van der Waals surface area contributed by atoms with Crippen LogP contribution in [0.5, 0.6) is 0 Å². The van der Waals surface area contributed by atoms with Crippen molar-refractivity contribution in [2.75, 3.05) is 11.9 Å². The van der Waals surface area contributed by atoms with Crippen molar-refractivity contribution in [3.63, 3.8) is 0 Å². The maximum Gasteiger partial charge on any atom is 0.221 e. The monoisotopic (exact) mass is 345 g/mol. The molecule has 6 heteroatoms. The van der Waals surface area contributed by atoms with E-state index in [1.807, 2.05) is 29.6 Å². The molecule has 0 fully saturated rings. The van der Waals surface area contributed by atoms with E-state index in [1.165, 1.54) is 6.92 Å². The highest BCUT2D eigenvalue weighted by Gasteiger charge is 2.07. The zero-order valence-corrected chi connectivity index (χ0v) is 14.9. The van der Waals surface area contributed by atoms with Crippen molar-refractivity contribution in [1.82, 2.24) is 10.3 Å². The van der Waals surface area contributed by atoms with Gasteiger partial charge in [0, 0.05) is 42.9 Å². The van der Waals surface area contributed by atoms with E-state index < -0.39 is 0 Å². The van der Waals surface area contributed by atoms with Crippen molar-refractivity contribution in [1.29, 1.82) is 0 Å². The van der Waals surface area contributed by atoms with Crippen molar-refractivity contribution >= 4 is 28.8 Å². The molecule has 0 radical (unpaired) electrons. The fraction of sp³-hybridized carbons (Fsp3) is 0.389. The first-order chi connectivity index (χ1) is 11.6. The van der Waals surface area contributed by atoms with Gasteiger partial charge in [0.15, 0.2) is 0 Å². The normalized spacial score (nSPS) is 10.4. The lowest BCUT2D eigenvalue weighted by atomic mass is 10.2. The molecular weight excluding hydrogens is 322 g/mol. The summed E-state index contributed by atoms with van der Waals surface area (Å²) in [5, 5.41) is 8.62. The predicted octanol–water partition coefficient (Wildman–Crippen LogP) is 3.62. The molecule has 0 saturated carbocycles. The van der Waals surface area contributed by atoms with Gasteiger partial charge < -0.3 is 10.6 Å². The molecule has 1 aromatic carbocycles. The molecule has 0 spiro atoms. The standard InChI is InChI=1S/C18H23N3O2S/c1-3-4-8-17(23)19-10-9-16-12-24-18(21-16)14-6-5-7-15(11-14)20-13(2)22/h5-7,11-12H,3-4,8-10H2,1-2H3,(H,19,23)(H,20,22). The minimum Gasteiger partial charge on any atom is -0.356 e. The summed E-state index contributed by atoms with van der Waals surface area (Å²) >= 11 is 1.57. The summed E-state index contributed by atoms with van der Waals surface area (Å²) in [6.45, 7) is 4.17. The van der Waals surface area contributed by atoms with E-state index in [9.17, 15) is 9.59 Å². The van der Waals surface area contributed by atoms with E-state index in [1.54, 1.807) is 11.3 Å². The van der Waals surface area contributed by atoms with Crippen LogP contribution in [-0.4, -0.2) is 23.3 Å². The molecular formula is C18H23N3O2S. The van der Waals surface area contributed by atoms with Crippen LogP contribution in [0.4, 0.5) is 5.69 Å². The van der Waals surface area contributed by atoms with Gasteiger partial charge in [0.05, 0.1) is 5.69 Å². The molecule has 1 aromatic heterocycles. The molecule has 0 aliphatic rings. The van der Waals surface area contributed by atoms with E-state index in [0.29, 0.717) is 13.0 Å². The molecule has 0 bridgehead atoms. The van der Waals surface area contributed by atoms with Gasteiger partial charge in [-0.2, -0.15) is 0 Å². The fourth-order valence-corrected chi connectivity index (χ4v) is 3.09. The van der Waals surface area contributed by atoms with Crippen molar-refractivity contribution in [3.8, 4) is 10.6 Å². The lowest BCUT2D eigenvalue weighted by molar-refractivity contribution is -0.121. The lowest BCUT2D eigenvalue weighted by Crippen LogP contribution is -2.25. The van der Waals surface area contributed by atoms with Crippen LogP contribution in [-0.2, 0) is 16.0 Å². The molecule has 0 aliphatic carbocycles. The van der Waals surface area contributed by atoms with Crippen molar-refractivity contribution in [2.24, 2.45) is 0 Å². The molecule has 2 amide bonds. The minimum absolute atomic E-state index is 0.0919. The molecule has 0 unspecified atom stereocenters. The number of hydrogen-bond donors (Lipinski definition) is 2. The second kappa shape index (κ2) is 9.17. The summed E-state index contributed by atoms with van der Waals surface area (Å²) in [4.78, 5) is 27.3. The number of unbranched alkanes of at least 4 members (excludes halogenated alkanes) is 1. The molecule has 0 saturated heterocycles. The Labute approximate surface area is 146 Å². The second-order valence-corrected chi connectivity index (χ2v) is 6.47. The zero-order chi connectivity index (χ0) is 17.4. The Morgan fingerprint density at radius 2 is 2.12 bits per heavy atom. The third kappa shape index (κ3) is 5.77. The molecule has 2 N–H and O–H groups in total. The van der Waals surface area contributed by atoms with Crippen LogP contribution in [0, 0.1) is 0 Å². The first-order valence-corrected chi connectivity index (χ1v) is 9.05. The SMILES string of the molecule is CCCCC(=O)NCCc1csc(-c2cccc(NC(C)=O)c2)n1. The Morgan fingerprint density at radius 1 is 1.29 bits per heavy atom. The molecule has 24 heavy (non-hydrogen) atoms. The van der Waals surface area contributed by atoms with Crippen LogP contribution < -0.4 is 10.6 Å². The van der Waals surface area contributed by atoms with Gasteiger partial charge in [-0.15, -0.1) is 11.3 Å². The van der Waals surface area contributed by atoms with Crippen LogP contribution in [0.3, 0.4) is 0 Å². The quantitative estimate of drug-likeness (QED) is 0.767. The highest BCUT2D eigenvalue weighted by Crippen LogP contribution is 2.26. The molecule has 1 heterocycles. The van der Waals surface area contributed by atoms with Gasteiger partial charge in [-0.1, -0.05) is 25.5 Å². The van der Waals surface area contributed by atoms with Crippen molar-refractivity contribution in [3.05, 3.63) is 35.3 Å². The number of anilines is 1. The second-order valence-electron chi connectivity index (χ2n) is 5.61. The summed E-state index contributed by atoms with van der Waals surface area (Å²) in [6.07, 6.45) is 3.27. The maximum absolute atomic E-state index is 11.6. The summed E-state index contributed by atoms with van der Waals surface area (Å²) in [5.41, 5.74) is 2.71. The van der Waals surface area contributed by atoms with E-state index in [-0.39, 0.29) is 11.8 Å². The van der Waals surface area contributed by atoms with Crippen molar-refractivity contribution < 1.29 is 9.59 Å². The number of amides is 2. The van der Waals surface area contributed by atoms with Crippen LogP contribution in [0.25, 0.3) is 10.6 Å². The van der Waals surface area contributed by atoms with Gasteiger partial charge in [-0.25, -0.2) is 4.98 Å². The number of hydrogen-bond acceptors (Lipinski definition) is 4. The van der Waals surface area contributed by atoms with Gasteiger partial charge in [0.25, 0.3) is 0 Å². The highest BCUT2D eigenvalue weighted by molar-refractivity contribution is 7.13. The molecule has 0 atom stereocenters. The minimum atomic E-state index is -0.0919. The number of nitrogens with zero attached hydrogens (tertiary/aromatic N) is 1. The molecule has 0 aliphatic heterocycles. The maximum atomic E-state index is 11.6. The lowest BCUT2D eigenvalue weighted by Gasteiger charge is -2.04. The largest absolute Gasteiger partial charge is 0.356 e. The average Bonchev–Trinajstić information content (AvgIpc) is 3.01. The fourth-order valence-electron chi connectivity index (χ4n) is 2.24. The van der Waals surface area contributed by atoms with Crippen molar-refractivity contribution in [2.45, 2.75) is 39.5 Å². The topological polar surface area (TPSA) is 71.1 Å². The Morgan fingerprint density at radius 3 is 2.88 bits per heavy atom. The van der Waals surface area contributed by atoms with Gasteiger partial charge >= 0.3 is 0 Å². The van der Waals surface area contributed by atoms with E-state index in [2.05, 4.69) is 22.5 Å². The van der Waals surface area contributed by atoms with Crippen LogP contribution in [0.1, 0.15) is 38.8 Å².